The van der Waals surface area contributed by atoms with Crippen molar-refractivity contribution in [3.63, 3.8) is 0 Å². The van der Waals surface area contributed by atoms with Crippen molar-refractivity contribution in [2.45, 2.75) is 18.9 Å². The highest BCUT2D eigenvalue weighted by Gasteiger charge is 2.39. The molecule has 6 nitrogen and oxygen atoms in total. The number of ether oxygens (including phenoxy) is 1. The number of halogens is 1. The van der Waals surface area contributed by atoms with E-state index in [1.54, 1.807) is 16.8 Å². The number of hydrogen-bond donors (Lipinski definition) is 2. The van der Waals surface area contributed by atoms with Crippen LogP contribution in [0.5, 0.6) is 5.75 Å². The third-order valence-electron chi connectivity index (χ3n) is 5.48. The van der Waals surface area contributed by atoms with Crippen LogP contribution in [-0.4, -0.2) is 26.2 Å². The number of hydrogen-bond acceptors (Lipinski definition) is 4. The Morgan fingerprint density at radius 3 is 2.73 bits per heavy atom. The van der Waals surface area contributed by atoms with Crippen LogP contribution in [0.3, 0.4) is 0 Å². The molecule has 2 aromatic carbocycles. The summed E-state index contributed by atoms with van der Waals surface area (Å²) in [7, 11) is 0. The van der Waals surface area contributed by atoms with Gasteiger partial charge in [0.15, 0.2) is 0 Å². The molecule has 0 radical (unpaired) electrons. The van der Waals surface area contributed by atoms with Gasteiger partial charge in [0.05, 0.1) is 16.7 Å². The van der Waals surface area contributed by atoms with Gasteiger partial charge >= 0.3 is 0 Å². The predicted octanol–water partition coefficient (Wildman–Crippen LogP) is 4.04. The van der Waals surface area contributed by atoms with Gasteiger partial charge in [-0.1, -0.05) is 23.7 Å². The lowest BCUT2D eigenvalue weighted by molar-refractivity contribution is 0.273. The Bertz CT molecular complexity index is 1260. The van der Waals surface area contributed by atoms with Crippen LogP contribution in [0, 0.1) is 5.92 Å². The first-order valence-corrected chi connectivity index (χ1v) is 10.2. The molecule has 2 unspecified atom stereocenters. The summed E-state index contributed by atoms with van der Waals surface area (Å²) in [5.41, 5.74) is 3.28. The Hall–Kier alpha value is -3.09. The first kappa shape index (κ1) is 18.9. The van der Waals surface area contributed by atoms with Gasteiger partial charge in [0.1, 0.15) is 18.2 Å². The lowest BCUT2D eigenvalue weighted by atomic mass is 10.2. The maximum absolute atomic E-state index is 12.6. The maximum atomic E-state index is 12.6. The quantitative estimate of drug-likeness (QED) is 0.492. The van der Waals surface area contributed by atoms with Gasteiger partial charge in [-0.25, -0.2) is 4.98 Å². The van der Waals surface area contributed by atoms with Gasteiger partial charge < -0.3 is 14.8 Å². The van der Waals surface area contributed by atoms with E-state index < -0.39 is 0 Å². The SMILES string of the molecule is O=c1cc(OCc2ccc(Cl)cc2)ccn1-c1ccc2nc(C3CC3CO)[nH]c2c1. The van der Waals surface area contributed by atoms with Crippen molar-refractivity contribution < 1.29 is 9.84 Å². The Kier molecular flexibility index (Phi) is 4.81. The zero-order chi connectivity index (χ0) is 20.7. The number of aliphatic hydroxyl groups excluding tert-OH is 1. The van der Waals surface area contributed by atoms with Crippen molar-refractivity contribution in [3.05, 3.63) is 87.6 Å². The highest BCUT2D eigenvalue weighted by Crippen LogP contribution is 2.46. The van der Waals surface area contributed by atoms with E-state index in [9.17, 15) is 9.90 Å². The second-order valence-corrected chi connectivity index (χ2v) is 8.03. The number of aromatic nitrogens is 3. The second kappa shape index (κ2) is 7.63. The molecule has 1 aliphatic rings. The molecule has 30 heavy (non-hydrogen) atoms. The molecule has 0 saturated heterocycles. The number of nitrogens with zero attached hydrogens (tertiary/aromatic N) is 2. The highest BCUT2D eigenvalue weighted by molar-refractivity contribution is 6.30. The fourth-order valence-corrected chi connectivity index (χ4v) is 3.76. The molecule has 2 atom stereocenters. The lowest BCUT2D eigenvalue weighted by Crippen LogP contribution is -2.16. The maximum Gasteiger partial charge on any atom is 0.258 e. The number of pyridine rings is 1. The standard InChI is InChI=1S/C23H20ClN3O3/c24-16-3-1-14(2-4-16)13-30-18-7-8-27(22(29)11-18)17-5-6-20-21(10-17)26-23(25-20)19-9-15(19)12-28/h1-8,10-11,15,19,28H,9,12-13H2,(H,25,26). The minimum atomic E-state index is -0.176. The van der Waals surface area contributed by atoms with Gasteiger partial charge in [0.2, 0.25) is 0 Å². The molecule has 2 aromatic heterocycles. The second-order valence-electron chi connectivity index (χ2n) is 7.59. The molecule has 5 rings (SSSR count). The van der Waals surface area contributed by atoms with Crippen LogP contribution in [0.2, 0.25) is 5.02 Å². The monoisotopic (exact) mass is 421 g/mol. The van der Waals surface area contributed by atoms with Gasteiger partial charge in [0, 0.05) is 29.8 Å². The average molecular weight is 422 g/mol. The Morgan fingerprint density at radius 1 is 1.17 bits per heavy atom. The molecular weight excluding hydrogens is 402 g/mol. The smallest absolute Gasteiger partial charge is 0.258 e. The zero-order valence-corrected chi connectivity index (χ0v) is 16.8. The van der Waals surface area contributed by atoms with Crippen LogP contribution in [-0.2, 0) is 6.61 Å². The highest BCUT2D eigenvalue weighted by atomic mass is 35.5. The lowest BCUT2D eigenvalue weighted by Gasteiger charge is -2.09. The van der Waals surface area contributed by atoms with Crippen LogP contribution in [0.15, 0.2) is 65.6 Å². The minimum Gasteiger partial charge on any atom is -0.489 e. The molecule has 4 aromatic rings. The van der Waals surface area contributed by atoms with E-state index in [0.29, 0.717) is 29.2 Å². The molecule has 1 aliphatic carbocycles. The van der Waals surface area contributed by atoms with Crippen molar-refractivity contribution in [2.24, 2.45) is 5.92 Å². The normalized spacial score (nSPS) is 17.9. The molecular formula is C23H20ClN3O3. The third kappa shape index (κ3) is 3.72. The van der Waals surface area contributed by atoms with Gasteiger partial charge in [0.25, 0.3) is 5.56 Å². The van der Waals surface area contributed by atoms with Crippen molar-refractivity contribution in [1.29, 1.82) is 0 Å². The van der Waals surface area contributed by atoms with Crippen molar-refractivity contribution in [3.8, 4) is 11.4 Å². The van der Waals surface area contributed by atoms with E-state index >= 15 is 0 Å². The first-order valence-electron chi connectivity index (χ1n) is 9.81. The van der Waals surface area contributed by atoms with Crippen LogP contribution < -0.4 is 10.3 Å². The number of aliphatic hydroxyl groups is 1. The van der Waals surface area contributed by atoms with E-state index in [-0.39, 0.29) is 12.2 Å². The first-order chi connectivity index (χ1) is 14.6. The molecule has 7 heteroatoms. The van der Waals surface area contributed by atoms with E-state index in [2.05, 4.69) is 9.97 Å². The Balaban J connectivity index is 1.35. The largest absolute Gasteiger partial charge is 0.489 e. The minimum absolute atomic E-state index is 0.176. The van der Waals surface area contributed by atoms with Crippen LogP contribution in [0.1, 0.15) is 23.7 Å². The Labute approximate surface area is 177 Å². The molecule has 0 aliphatic heterocycles. The fourth-order valence-electron chi connectivity index (χ4n) is 3.64. The summed E-state index contributed by atoms with van der Waals surface area (Å²) in [6.07, 6.45) is 2.67. The number of rotatable bonds is 6. The summed E-state index contributed by atoms with van der Waals surface area (Å²) in [5, 5.41) is 9.95. The topological polar surface area (TPSA) is 80.1 Å². The van der Waals surface area contributed by atoms with Crippen molar-refractivity contribution >= 4 is 22.6 Å². The van der Waals surface area contributed by atoms with Crippen LogP contribution >= 0.6 is 11.6 Å². The van der Waals surface area contributed by atoms with Gasteiger partial charge in [-0.3, -0.25) is 9.36 Å². The van der Waals surface area contributed by atoms with Gasteiger partial charge in [-0.2, -0.15) is 0 Å². The van der Waals surface area contributed by atoms with Crippen LogP contribution in [0.25, 0.3) is 16.7 Å². The molecule has 1 saturated carbocycles. The summed E-state index contributed by atoms with van der Waals surface area (Å²) >= 11 is 5.89. The number of nitrogens with one attached hydrogen (secondary N) is 1. The molecule has 0 spiro atoms. The summed E-state index contributed by atoms with van der Waals surface area (Å²) in [6, 6.07) is 16.3. The van der Waals surface area contributed by atoms with E-state index in [4.69, 9.17) is 16.3 Å². The molecule has 1 fully saturated rings. The number of fused-ring (bicyclic) bond motifs is 1. The van der Waals surface area contributed by atoms with E-state index in [1.807, 2.05) is 42.5 Å². The summed E-state index contributed by atoms with van der Waals surface area (Å²) in [4.78, 5) is 20.6. The number of imidazole rings is 1. The summed E-state index contributed by atoms with van der Waals surface area (Å²) in [5.74, 6) is 2.01. The molecule has 2 N–H and O–H groups in total. The summed E-state index contributed by atoms with van der Waals surface area (Å²) in [6.45, 7) is 0.550. The molecule has 0 amide bonds. The van der Waals surface area contributed by atoms with Crippen molar-refractivity contribution in [1.82, 2.24) is 14.5 Å². The number of aromatic amines is 1. The zero-order valence-electron chi connectivity index (χ0n) is 16.1. The van der Waals surface area contributed by atoms with Gasteiger partial charge in [-0.05, 0) is 54.3 Å². The summed E-state index contributed by atoms with van der Waals surface area (Å²) < 4.78 is 7.31. The molecule has 2 heterocycles. The van der Waals surface area contributed by atoms with E-state index in [1.165, 1.54) is 6.07 Å². The number of benzene rings is 2. The van der Waals surface area contributed by atoms with E-state index in [0.717, 1.165) is 34.5 Å². The number of H-pyrrole nitrogens is 1. The third-order valence-corrected chi connectivity index (χ3v) is 5.73. The van der Waals surface area contributed by atoms with Gasteiger partial charge in [-0.15, -0.1) is 0 Å². The van der Waals surface area contributed by atoms with Crippen LogP contribution in [0.4, 0.5) is 0 Å². The Morgan fingerprint density at radius 2 is 2.00 bits per heavy atom. The molecule has 152 valence electrons. The molecule has 0 bridgehead atoms. The van der Waals surface area contributed by atoms with Crippen molar-refractivity contribution in [2.75, 3.05) is 6.61 Å². The predicted molar refractivity (Wildman–Crippen MR) is 115 cm³/mol. The fraction of sp³-hybridized carbons (Fsp3) is 0.217. The average Bonchev–Trinajstić information content (AvgIpc) is 3.43.